The van der Waals surface area contributed by atoms with E-state index in [0.717, 1.165) is 17.1 Å². The van der Waals surface area contributed by atoms with E-state index in [-0.39, 0.29) is 11.4 Å². The molecule has 1 heterocycles. The zero-order chi connectivity index (χ0) is 14.9. The Labute approximate surface area is 119 Å². The van der Waals surface area contributed by atoms with E-state index in [1.807, 2.05) is 13.8 Å². The third-order valence-electron chi connectivity index (χ3n) is 2.95. The first kappa shape index (κ1) is 14.7. The zero-order valence-corrected chi connectivity index (χ0v) is 12.7. The van der Waals surface area contributed by atoms with Crippen LogP contribution in [0.4, 0.5) is 4.39 Å². The highest BCUT2D eigenvalue weighted by atomic mass is 19.1. The molecule has 0 aliphatic rings. The molecule has 0 saturated heterocycles. The smallest absolute Gasteiger partial charge is 0.148 e. The Kier molecular flexibility index (Phi) is 3.90. The normalized spacial score (nSPS) is 11.9. The largest absolute Gasteiger partial charge is 0.308 e. The lowest BCUT2D eigenvalue weighted by Gasteiger charge is -2.21. The van der Waals surface area contributed by atoms with Crippen molar-refractivity contribution in [3.05, 3.63) is 41.2 Å². The second kappa shape index (κ2) is 5.32. The molecule has 0 saturated carbocycles. The highest BCUT2D eigenvalue weighted by molar-refractivity contribution is 5.41. The van der Waals surface area contributed by atoms with Crippen LogP contribution in [0.15, 0.2) is 18.2 Å². The Hall–Kier alpha value is -1.75. The van der Waals surface area contributed by atoms with Crippen LogP contribution >= 0.6 is 0 Å². The Morgan fingerprint density at radius 3 is 2.50 bits per heavy atom. The van der Waals surface area contributed by atoms with Gasteiger partial charge in [0.15, 0.2) is 0 Å². The van der Waals surface area contributed by atoms with Gasteiger partial charge in [-0.2, -0.15) is 5.10 Å². The van der Waals surface area contributed by atoms with Gasteiger partial charge in [0.05, 0.1) is 5.69 Å². The number of hydrogen-bond donors (Lipinski definition) is 1. The lowest BCUT2D eigenvalue weighted by Crippen LogP contribution is -2.35. The molecular formula is C15H21FN4. The van der Waals surface area contributed by atoms with Crippen LogP contribution < -0.4 is 5.32 Å². The summed E-state index contributed by atoms with van der Waals surface area (Å²) in [5, 5.41) is 7.74. The van der Waals surface area contributed by atoms with Crippen molar-refractivity contribution in [2.75, 3.05) is 0 Å². The Morgan fingerprint density at radius 1 is 1.25 bits per heavy atom. The van der Waals surface area contributed by atoms with Crippen molar-refractivity contribution in [1.82, 2.24) is 20.1 Å². The minimum Gasteiger partial charge on any atom is -0.308 e. The molecule has 0 atom stereocenters. The molecule has 108 valence electrons. The molecular weight excluding hydrogens is 255 g/mol. The number of nitrogens with one attached hydrogen (secondary N) is 1. The van der Waals surface area contributed by atoms with E-state index < -0.39 is 0 Å². The molecule has 2 rings (SSSR count). The van der Waals surface area contributed by atoms with Gasteiger partial charge in [-0.3, -0.25) is 0 Å². The average Bonchev–Trinajstić information content (AvgIpc) is 2.65. The van der Waals surface area contributed by atoms with Gasteiger partial charge in [-0.05, 0) is 58.4 Å². The molecule has 0 radical (unpaired) electrons. The van der Waals surface area contributed by atoms with E-state index in [4.69, 9.17) is 0 Å². The highest BCUT2D eigenvalue weighted by Gasteiger charge is 2.14. The van der Waals surface area contributed by atoms with Crippen LogP contribution in [0.1, 0.15) is 38.0 Å². The Balaban J connectivity index is 2.40. The molecule has 1 N–H and O–H groups in total. The van der Waals surface area contributed by atoms with Gasteiger partial charge in [-0.25, -0.2) is 14.1 Å². The molecule has 2 aromatic rings. The standard InChI is InChI=1S/C15H21FN4/c1-10-18-11(2)20(19-10)14-7-6-13(16)8-12(14)9-17-15(3,4)5/h6-8,17H,9H2,1-5H3. The van der Waals surface area contributed by atoms with Crippen LogP contribution in [0.25, 0.3) is 5.69 Å². The van der Waals surface area contributed by atoms with Gasteiger partial charge in [0.1, 0.15) is 17.5 Å². The first-order valence-corrected chi connectivity index (χ1v) is 6.70. The van der Waals surface area contributed by atoms with E-state index in [2.05, 4.69) is 36.2 Å². The molecule has 1 aromatic heterocycles. The molecule has 0 bridgehead atoms. The second-order valence-corrected chi connectivity index (χ2v) is 5.99. The number of aromatic nitrogens is 3. The zero-order valence-electron chi connectivity index (χ0n) is 12.7. The summed E-state index contributed by atoms with van der Waals surface area (Å²) in [5.41, 5.74) is 1.70. The summed E-state index contributed by atoms with van der Waals surface area (Å²) in [6.45, 7) is 10.6. The fourth-order valence-electron chi connectivity index (χ4n) is 2.01. The predicted molar refractivity (Wildman–Crippen MR) is 77.4 cm³/mol. The summed E-state index contributed by atoms with van der Waals surface area (Å²) < 4.78 is 15.3. The topological polar surface area (TPSA) is 42.7 Å². The van der Waals surface area contributed by atoms with Crippen molar-refractivity contribution in [2.24, 2.45) is 0 Å². The van der Waals surface area contributed by atoms with Crippen LogP contribution in [0, 0.1) is 19.7 Å². The number of rotatable bonds is 3. The summed E-state index contributed by atoms with van der Waals surface area (Å²) in [5.74, 6) is 1.27. The fourth-order valence-corrected chi connectivity index (χ4v) is 2.01. The van der Waals surface area contributed by atoms with Gasteiger partial charge in [0.25, 0.3) is 0 Å². The van der Waals surface area contributed by atoms with Crippen molar-refractivity contribution in [1.29, 1.82) is 0 Å². The Morgan fingerprint density at radius 2 is 1.95 bits per heavy atom. The summed E-state index contributed by atoms with van der Waals surface area (Å²) in [7, 11) is 0. The molecule has 0 aliphatic carbocycles. The summed E-state index contributed by atoms with van der Waals surface area (Å²) in [4.78, 5) is 4.30. The van der Waals surface area contributed by atoms with Crippen molar-refractivity contribution >= 4 is 0 Å². The molecule has 0 aliphatic heterocycles. The number of benzene rings is 1. The predicted octanol–water partition coefficient (Wildman–Crippen LogP) is 2.91. The van der Waals surface area contributed by atoms with E-state index in [1.54, 1.807) is 16.8 Å². The second-order valence-electron chi connectivity index (χ2n) is 5.99. The van der Waals surface area contributed by atoms with Gasteiger partial charge >= 0.3 is 0 Å². The maximum Gasteiger partial charge on any atom is 0.148 e. The van der Waals surface area contributed by atoms with Crippen LogP contribution in [0.3, 0.4) is 0 Å². The first-order valence-electron chi connectivity index (χ1n) is 6.70. The SMILES string of the molecule is Cc1nc(C)n(-c2ccc(F)cc2CNC(C)(C)C)n1. The van der Waals surface area contributed by atoms with Gasteiger partial charge in [-0.15, -0.1) is 0 Å². The fraction of sp³-hybridized carbons (Fsp3) is 0.467. The van der Waals surface area contributed by atoms with Gasteiger partial charge in [0.2, 0.25) is 0 Å². The Bertz CT molecular complexity index is 611. The van der Waals surface area contributed by atoms with Crippen molar-refractivity contribution < 1.29 is 4.39 Å². The monoisotopic (exact) mass is 276 g/mol. The van der Waals surface area contributed by atoms with Crippen LogP contribution in [0.5, 0.6) is 0 Å². The van der Waals surface area contributed by atoms with Crippen molar-refractivity contribution in [2.45, 2.75) is 46.7 Å². The van der Waals surface area contributed by atoms with Gasteiger partial charge in [-0.1, -0.05) is 0 Å². The first-order chi connectivity index (χ1) is 9.26. The molecule has 0 spiro atoms. The summed E-state index contributed by atoms with van der Waals surface area (Å²) in [6.07, 6.45) is 0. The maximum atomic E-state index is 13.5. The molecule has 1 aromatic carbocycles. The molecule has 4 nitrogen and oxygen atoms in total. The van der Waals surface area contributed by atoms with Crippen molar-refractivity contribution in [3.8, 4) is 5.69 Å². The summed E-state index contributed by atoms with van der Waals surface area (Å²) >= 11 is 0. The van der Waals surface area contributed by atoms with E-state index >= 15 is 0 Å². The molecule has 0 fully saturated rings. The van der Waals surface area contributed by atoms with E-state index in [0.29, 0.717) is 12.4 Å². The lowest BCUT2D eigenvalue weighted by atomic mass is 10.1. The third-order valence-corrected chi connectivity index (χ3v) is 2.95. The van der Waals surface area contributed by atoms with Gasteiger partial charge < -0.3 is 5.32 Å². The molecule has 5 heteroatoms. The van der Waals surface area contributed by atoms with Crippen LogP contribution in [-0.2, 0) is 6.54 Å². The number of halogens is 1. The lowest BCUT2D eigenvalue weighted by molar-refractivity contribution is 0.423. The van der Waals surface area contributed by atoms with Crippen LogP contribution in [0.2, 0.25) is 0 Å². The average molecular weight is 276 g/mol. The van der Waals surface area contributed by atoms with Gasteiger partial charge in [0, 0.05) is 12.1 Å². The van der Waals surface area contributed by atoms with E-state index in [9.17, 15) is 4.39 Å². The quantitative estimate of drug-likeness (QED) is 0.937. The third kappa shape index (κ3) is 3.42. The highest BCUT2D eigenvalue weighted by Crippen LogP contribution is 2.18. The molecule has 0 amide bonds. The maximum absolute atomic E-state index is 13.5. The molecule has 0 unspecified atom stereocenters. The van der Waals surface area contributed by atoms with E-state index in [1.165, 1.54) is 6.07 Å². The minimum absolute atomic E-state index is 0.0308. The van der Waals surface area contributed by atoms with Crippen LogP contribution in [-0.4, -0.2) is 20.3 Å². The summed E-state index contributed by atoms with van der Waals surface area (Å²) in [6, 6.07) is 4.74. The number of nitrogens with zero attached hydrogens (tertiary/aromatic N) is 3. The van der Waals surface area contributed by atoms with Crippen molar-refractivity contribution in [3.63, 3.8) is 0 Å². The minimum atomic E-state index is -0.242. The molecule has 20 heavy (non-hydrogen) atoms. The number of aryl methyl sites for hydroxylation is 2. The number of hydrogen-bond acceptors (Lipinski definition) is 3.